The van der Waals surface area contributed by atoms with Crippen LogP contribution in [0.4, 0.5) is 0 Å². The molecule has 3 rings (SSSR count). The van der Waals surface area contributed by atoms with Crippen molar-refractivity contribution in [1.82, 2.24) is 14.8 Å². The molecule has 2 N–H and O–H groups in total. The van der Waals surface area contributed by atoms with Crippen LogP contribution >= 0.6 is 0 Å². The molecule has 1 aromatic carbocycles. The van der Waals surface area contributed by atoms with Gasteiger partial charge in [0.25, 0.3) is 5.78 Å². The van der Waals surface area contributed by atoms with Crippen LogP contribution in [-0.4, -0.2) is 57.3 Å². The molecule has 0 spiro atoms. The summed E-state index contributed by atoms with van der Waals surface area (Å²) in [6.45, 7) is 4.20. The molecule has 0 bridgehead atoms. The average Bonchev–Trinajstić information content (AvgIpc) is 2.95. The second-order valence-electron chi connectivity index (χ2n) is 6.03. The molecule has 0 saturated carbocycles. The normalized spacial score (nSPS) is 13.9. The lowest BCUT2D eigenvalue weighted by atomic mass is 10.1. The van der Waals surface area contributed by atoms with Gasteiger partial charge in [-0.25, -0.2) is 4.79 Å². The van der Waals surface area contributed by atoms with E-state index in [1.165, 1.54) is 12.3 Å². The highest BCUT2D eigenvalue weighted by molar-refractivity contribution is 6.42. The molecule has 0 radical (unpaired) electrons. The third-order valence-electron chi connectivity index (χ3n) is 4.27. The number of para-hydroxylation sites is 1. The number of benzene rings is 1. The minimum absolute atomic E-state index is 0.0484. The molecule has 8 nitrogen and oxygen atoms in total. The summed E-state index contributed by atoms with van der Waals surface area (Å²) in [5.74, 6) is -3.02. The number of fused-ring (bicyclic) bond motifs is 1. The van der Waals surface area contributed by atoms with Crippen molar-refractivity contribution in [2.75, 3.05) is 13.1 Å². The van der Waals surface area contributed by atoms with Crippen LogP contribution in [-0.2, 0) is 20.9 Å². The lowest BCUT2D eigenvalue weighted by Gasteiger charge is -2.38. The number of hydrogen-bond donors (Lipinski definition) is 2. The van der Waals surface area contributed by atoms with Crippen LogP contribution in [0.1, 0.15) is 10.4 Å². The van der Waals surface area contributed by atoms with Crippen LogP contribution in [0.15, 0.2) is 43.1 Å². The van der Waals surface area contributed by atoms with Crippen LogP contribution in [0.2, 0.25) is 0 Å². The number of carboxylic acid groups (broad SMARTS) is 1. The number of carboxylic acids is 1. The zero-order valence-corrected chi connectivity index (χ0v) is 13.8. The van der Waals surface area contributed by atoms with Crippen LogP contribution in [0.5, 0.6) is 0 Å². The highest BCUT2D eigenvalue weighted by atomic mass is 16.4. The summed E-state index contributed by atoms with van der Waals surface area (Å²) in [6.07, 6.45) is 2.61. The van der Waals surface area contributed by atoms with Crippen LogP contribution in [0, 0.1) is 0 Å². The third kappa shape index (κ3) is 3.21. The summed E-state index contributed by atoms with van der Waals surface area (Å²) >= 11 is 0. The van der Waals surface area contributed by atoms with Crippen molar-refractivity contribution in [2.24, 2.45) is 0 Å². The van der Waals surface area contributed by atoms with Gasteiger partial charge in [0.1, 0.15) is 6.54 Å². The predicted octanol–water partition coefficient (Wildman–Crippen LogP) is 0.422. The molecule has 8 heteroatoms. The van der Waals surface area contributed by atoms with E-state index in [1.54, 1.807) is 33.7 Å². The predicted molar refractivity (Wildman–Crippen MR) is 92.6 cm³/mol. The number of nitrogens with one attached hydrogen (secondary N) is 1. The number of Topliss-reactive ketones (excluding diaryl/α,β-unsaturated/α-hetero) is 1. The zero-order chi connectivity index (χ0) is 18.8. The Labute approximate surface area is 148 Å². The Morgan fingerprint density at radius 1 is 1.23 bits per heavy atom. The third-order valence-corrected chi connectivity index (χ3v) is 4.27. The van der Waals surface area contributed by atoms with Gasteiger partial charge in [-0.2, -0.15) is 0 Å². The molecule has 1 aliphatic rings. The first-order chi connectivity index (χ1) is 12.4. The second kappa shape index (κ2) is 6.83. The van der Waals surface area contributed by atoms with Gasteiger partial charge in [0.15, 0.2) is 0 Å². The first kappa shape index (κ1) is 17.4. The van der Waals surface area contributed by atoms with Crippen molar-refractivity contribution < 1.29 is 24.3 Å². The number of aromatic nitrogens is 1. The zero-order valence-electron chi connectivity index (χ0n) is 13.8. The Morgan fingerprint density at radius 2 is 1.92 bits per heavy atom. The molecule has 26 heavy (non-hydrogen) atoms. The summed E-state index contributed by atoms with van der Waals surface area (Å²) in [5.41, 5.74) is 0.650. The number of likely N-dealkylation sites (tertiary alicyclic amines) is 1. The first-order valence-corrected chi connectivity index (χ1v) is 7.97. The highest BCUT2D eigenvalue weighted by Crippen LogP contribution is 2.22. The van der Waals surface area contributed by atoms with E-state index in [4.69, 9.17) is 5.11 Å². The van der Waals surface area contributed by atoms with Gasteiger partial charge in [0.05, 0.1) is 11.6 Å². The van der Waals surface area contributed by atoms with E-state index in [1.807, 2.05) is 0 Å². The van der Waals surface area contributed by atoms with E-state index in [9.17, 15) is 19.2 Å². The average molecular weight is 355 g/mol. The molecule has 1 aliphatic heterocycles. The summed E-state index contributed by atoms with van der Waals surface area (Å²) in [4.78, 5) is 48.1. The lowest BCUT2D eigenvalue weighted by molar-refractivity contribution is -0.133. The van der Waals surface area contributed by atoms with Gasteiger partial charge in [0, 0.05) is 30.2 Å². The van der Waals surface area contributed by atoms with Crippen LogP contribution in [0.25, 0.3) is 10.9 Å². The molecule has 0 aliphatic carbocycles. The molecule has 1 fully saturated rings. The van der Waals surface area contributed by atoms with E-state index in [0.29, 0.717) is 24.0 Å². The maximum absolute atomic E-state index is 12.3. The molecule has 2 amide bonds. The van der Waals surface area contributed by atoms with Gasteiger partial charge < -0.3 is 19.9 Å². The standard InChI is InChI=1S/C18H17N3O5/c1-2-16(23)21-7-11(8-21)19-15(22)10-20-9-13(17(24)18(25)26)12-5-3-4-6-14(12)20/h2-6,9,11H,1,7-8,10H2,(H,19,22)(H,25,26). The molecular formula is C18H17N3O5. The number of ketones is 1. The number of carbonyl (C=O) groups excluding carboxylic acids is 3. The van der Waals surface area contributed by atoms with E-state index >= 15 is 0 Å². The van der Waals surface area contributed by atoms with E-state index in [-0.39, 0.29) is 30.0 Å². The monoisotopic (exact) mass is 355 g/mol. The van der Waals surface area contributed by atoms with Crippen LogP contribution < -0.4 is 5.32 Å². The van der Waals surface area contributed by atoms with E-state index in [0.717, 1.165) is 0 Å². The summed E-state index contributed by atoms with van der Waals surface area (Å²) in [7, 11) is 0. The van der Waals surface area contributed by atoms with Gasteiger partial charge in [-0.15, -0.1) is 0 Å². The summed E-state index contributed by atoms with van der Waals surface area (Å²) < 4.78 is 1.55. The fraction of sp³-hybridized carbons (Fsp3) is 0.222. The molecule has 1 saturated heterocycles. The minimum atomic E-state index is -1.54. The van der Waals surface area contributed by atoms with Gasteiger partial charge in [0.2, 0.25) is 11.8 Å². The Balaban J connectivity index is 1.72. The second-order valence-corrected chi connectivity index (χ2v) is 6.03. The van der Waals surface area contributed by atoms with Crippen LogP contribution in [0.3, 0.4) is 0 Å². The highest BCUT2D eigenvalue weighted by Gasteiger charge is 2.30. The fourth-order valence-corrected chi connectivity index (χ4v) is 2.98. The van der Waals surface area contributed by atoms with Gasteiger partial charge >= 0.3 is 5.97 Å². The van der Waals surface area contributed by atoms with E-state index in [2.05, 4.69) is 11.9 Å². The minimum Gasteiger partial charge on any atom is -0.475 e. The smallest absolute Gasteiger partial charge is 0.377 e. The van der Waals surface area contributed by atoms with Crippen molar-refractivity contribution in [3.8, 4) is 0 Å². The molecule has 2 aromatic rings. The number of carbonyl (C=O) groups is 4. The Hall–Kier alpha value is -3.42. The van der Waals surface area contributed by atoms with Crippen molar-refractivity contribution in [3.05, 3.63) is 48.7 Å². The fourth-order valence-electron chi connectivity index (χ4n) is 2.98. The molecule has 0 unspecified atom stereocenters. The molecule has 134 valence electrons. The SMILES string of the molecule is C=CC(=O)N1CC(NC(=O)Cn2cc(C(=O)C(=O)O)c3ccccc32)C1. The van der Waals surface area contributed by atoms with Crippen molar-refractivity contribution in [1.29, 1.82) is 0 Å². The Bertz CT molecular complexity index is 924. The molecular weight excluding hydrogens is 338 g/mol. The molecule has 2 heterocycles. The Morgan fingerprint density at radius 3 is 2.58 bits per heavy atom. The number of aliphatic carboxylic acids is 1. The van der Waals surface area contributed by atoms with E-state index < -0.39 is 11.8 Å². The largest absolute Gasteiger partial charge is 0.475 e. The van der Waals surface area contributed by atoms with Gasteiger partial charge in [-0.3, -0.25) is 14.4 Å². The lowest BCUT2D eigenvalue weighted by Crippen LogP contribution is -2.61. The quantitative estimate of drug-likeness (QED) is 0.443. The Kier molecular flexibility index (Phi) is 4.57. The number of amides is 2. The van der Waals surface area contributed by atoms with Gasteiger partial charge in [-0.1, -0.05) is 24.8 Å². The summed E-state index contributed by atoms with van der Waals surface area (Å²) in [6, 6.07) is 6.68. The molecule has 0 atom stereocenters. The maximum Gasteiger partial charge on any atom is 0.377 e. The first-order valence-electron chi connectivity index (χ1n) is 7.97. The topological polar surface area (TPSA) is 109 Å². The summed E-state index contributed by atoms with van der Waals surface area (Å²) in [5, 5.41) is 12.3. The number of rotatable bonds is 6. The number of nitrogens with zero attached hydrogens (tertiary/aromatic N) is 2. The van der Waals surface area contributed by atoms with Crippen molar-refractivity contribution in [2.45, 2.75) is 12.6 Å². The van der Waals surface area contributed by atoms with Gasteiger partial charge in [-0.05, 0) is 12.1 Å². The van der Waals surface area contributed by atoms with Crippen molar-refractivity contribution in [3.63, 3.8) is 0 Å². The molecule has 1 aromatic heterocycles. The maximum atomic E-state index is 12.3. The van der Waals surface area contributed by atoms with Crippen molar-refractivity contribution >= 4 is 34.5 Å². The number of hydrogen-bond acceptors (Lipinski definition) is 4.